The molecule has 8 heteroatoms. The number of aryl methyl sites for hydroxylation is 1. The van der Waals surface area contributed by atoms with Crippen molar-refractivity contribution in [2.75, 3.05) is 11.9 Å². The number of nitrogens with one attached hydrogen (secondary N) is 1. The van der Waals surface area contributed by atoms with E-state index in [-0.39, 0.29) is 17.9 Å². The molecule has 188 valence electrons. The van der Waals surface area contributed by atoms with E-state index in [9.17, 15) is 19.7 Å². The van der Waals surface area contributed by atoms with Gasteiger partial charge in [-0.3, -0.25) is 14.9 Å². The van der Waals surface area contributed by atoms with E-state index in [4.69, 9.17) is 4.74 Å². The third-order valence-corrected chi connectivity index (χ3v) is 7.59. The molecular formula is C28H30N2O5S. The van der Waals surface area contributed by atoms with Crippen LogP contribution < -0.4 is 5.32 Å². The number of esters is 1. The minimum atomic E-state index is -0.516. The number of benzene rings is 2. The summed E-state index contributed by atoms with van der Waals surface area (Å²) in [5, 5.41) is 14.2. The summed E-state index contributed by atoms with van der Waals surface area (Å²) in [5.41, 5.74) is 3.50. The zero-order valence-electron chi connectivity index (χ0n) is 20.5. The Kier molecular flexibility index (Phi) is 8.15. The van der Waals surface area contributed by atoms with Crippen LogP contribution in [0.2, 0.25) is 0 Å². The molecule has 0 spiro atoms. The largest absolute Gasteiger partial charge is 0.462 e. The van der Waals surface area contributed by atoms with Crippen molar-refractivity contribution < 1.29 is 19.2 Å². The number of thiophene rings is 1. The van der Waals surface area contributed by atoms with E-state index >= 15 is 0 Å². The second-order valence-electron chi connectivity index (χ2n) is 9.09. The lowest BCUT2D eigenvalue weighted by molar-refractivity contribution is -0.384. The van der Waals surface area contributed by atoms with Crippen molar-refractivity contribution in [3.8, 4) is 11.1 Å². The first kappa shape index (κ1) is 25.6. The van der Waals surface area contributed by atoms with E-state index in [1.807, 2.05) is 13.8 Å². The molecule has 7 nitrogen and oxygen atoms in total. The summed E-state index contributed by atoms with van der Waals surface area (Å²) in [7, 11) is 0. The first-order chi connectivity index (χ1) is 17.4. The van der Waals surface area contributed by atoms with Gasteiger partial charge in [0, 0.05) is 28.1 Å². The molecule has 0 aliphatic heterocycles. The smallest absolute Gasteiger partial charge is 0.341 e. The molecule has 1 aliphatic rings. The lowest BCUT2D eigenvalue weighted by Crippen LogP contribution is -2.15. The van der Waals surface area contributed by atoms with E-state index in [0.29, 0.717) is 22.9 Å². The molecule has 36 heavy (non-hydrogen) atoms. The maximum absolute atomic E-state index is 13.1. The van der Waals surface area contributed by atoms with Crippen LogP contribution in [0.25, 0.3) is 11.1 Å². The first-order valence-electron chi connectivity index (χ1n) is 12.4. The number of nitrogens with zero attached hydrogens (tertiary/aromatic N) is 1. The summed E-state index contributed by atoms with van der Waals surface area (Å²) in [6, 6.07) is 13.8. The van der Waals surface area contributed by atoms with Crippen molar-refractivity contribution in [2.24, 2.45) is 0 Å². The van der Waals surface area contributed by atoms with Gasteiger partial charge in [0.15, 0.2) is 0 Å². The Morgan fingerprint density at radius 2 is 1.72 bits per heavy atom. The van der Waals surface area contributed by atoms with E-state index in [2.05, 4.69) is 29.6 Å². The van der Waals surface area contributed by atoms with Crippen molar-refractivity contribution in [2.45, 2.75) is 58.3 Å². The Hall–Kier alpha value is -3.52. The third-order valence-electron chi connectivity index (χ3n) is 6.57. The normalized spacial score (nSPS) is 13.8. The highest BCUT2D eigenvalue weighted by Crippen LogP contribution is 2.41. The summed E-state index contributed by atoms with van der Waals surface area (Å²) in [6.07, 6.45) is 6.95. The number of rotatable bonds is 8. The number of nitro benzene ring substituents is 1. The van der Waals surface area contributed by atoms with Crippen LogP contribution in [0.5, 0.6) is 0 Å². The number of nitro groups is 1. The van der Waals surface area contributed by atoms with Crippen LogP contribution in [0.1, 0.15) is 82.5 Å². The van der Waals surface area contributed by atoms with Gasteiger partial charge in [0.1, 0.15) is 10.6 Å². The van der Waals surface area contributed by atoms with Gasteiger partial charge in [-0.15, -0.1) is 11.3 Å². The summed E-state index contributed by atoms with van der Waals surface area (Å²) in [6.45, 7) is 4.13. The minimum absolute atomic E-state index is 0.0960. The van der Waals surface area contributed by atoms with Gasteiger partial charge in [-0.05, 0) is 55.4 Å². The van der Waals surface area contributed by atoms with Gasteiger partial charge in [-0.2, -0.15) is 0 Å². The minimum Gasteiger partial charge on any atom is -0.462 e. The number of ether oxygens (including phenoxy) is 1. The molecule has 1 aliphatic carbocycles. The van der Waals surface area contributed by atoms with E-state index in [1.165, 1.54) is 73.3 Å². The molecule has 0 atom stereocenters. The van der Waals surface area contributed by atoms with Crippen molar-refractivity contribution >= 4 is 33.9 Å². The molecule has 3 aromatic rings. The molecule has 1 saturated carbocycles. The van der Waals surface area contributed by atoms with Gasteiger partial charge < -0.3 is 10.1 Å². The Bertz CT molecular complexity index is 1240. The van der Waals surface area contributed by atoms with Crippen LogP contribution >= 0.6 is 11.3 Å². The molecule has 2 aromatic carbocycles. The SMILES string of the molecule is CCCOC(=O)c1c(NC(=O)c2ccc([N+](=O)[O-])cc2)sc(C)c1-c1ccc(C2CCCCC2)cc1. The van der Waals surface area contributed by atoms with Crippen LogP contribution in [0.3, 0.4) is 0 Å². The molecule has 0 saturated heterocycles. The van der Waals surface area contributed by atoms with Crippen LogP contribution in [-0.2, 0) is 4.74 Å². The predicted molar refractivity (Wildman–Crippen MR) is 142 cm³/mol. The average molecular weight is 507 g/mol. The number of hydrogen-bond acceptors (Lipinski definition) is 6. The van der Waals surface area contributed by atoms with Crippen molar-refractivity contribution in [1.82, 2.24) is 0 Å². The molecule has 0 unspecified atom stereocenters. The van der Waals surface area contributed by atoms with E-state index in [1.54, 1.807) is 0 Å². The Balaban J connectivity index is 1.66. The molecule has 0 radical (unpaired) electrons. The second-order valence-corrected chi connectivity index (χ2v) is 10.3. The lowest BCUT2D eigenvalue weighted by atomic mass is 9.83. The number of anilines is 1. The monoisotopic (exact) mass is 506 g/mol. The summed E-state index contributed by atoms with van der Waals surface area (Å²) in [4.78, 5) is 37.4. The molecule has 1 amide bonds. The third kappa shape index (κ3) is 5.65. The predicted octanol–water partition coefficient (Wildman–Crippen LogP) is 7.50. The molecule has 1 fully saturated rings. The molecule has 4 rings (SSSR count). The van der Waals surface area contributed by atoms with Crippen molar-refractivity contribution in [3.63, 3.8) is 0 Å². The van der Waals surface area contributed by atoms with E-state index < -0.39 is 16.8 Å². The van der Waals surface area contributed by atoms with Crippen LogP contribution in [0.4, 0.5) is 10.7 Å². The van der Waals surface area contributed by atoms with Gasteiger partial charge in [0.2, 0.25) is 0 Å². The fourth-order valence-corrected chi connectivity index (χ4v) is 5.77. The van der Waals surface area contributed by atoms with Crippen LogP contribution in [0, 0.1) is 17.0 Å². The molecule has 1 N–H and O–H groups in total. The van der Waals surface area contributed by atoms with Gasteiger partial charge in [0.25, 0.3) is 11.6 Å². The lowest BCUT2D eigenvalue weighted by Gasteiger charge is -2.22. The number of amides is 1. The van der Waals surface area contributed by atoms with Crippen molar-refractivity contribution in [3.05, 3.63) is 80.2 Å². The van der Waals surface area contributed by atoms with Crippen LogP contribution in [0.15, 0.2) is 48.5 Å². The maximum Gasteiger partial charge on any atom is 0.341 e. The van der Waals surface area contributed by atoms with Gasteiger partial charge in [-0.1, -0.05) is 50.5 Å². The fourth-order valence-electron chi connectivity index (χ4n) is 4.71. The van der Waals surface area contributed by atoms with Gasteiger partial charge in [0.05, 0.1) is 11.5 Å². The highest BCUT2D eigenvalue weighted by molar-refractivity contribution is 7.17. The Morgan fingerprint density at radius 1 is 1.06 bits per heavy atom. The number of non-ortho nitro benzene ring substituents is 1. The number of hydrogen-bond donors (Lipinski definition) is 1. The maximum atomic E-state index is 13.1. The topological polar surface area (TPSA) is 98.5 Å². The molecular weight excluding hydrogens is 476 g/mol. The summed E-state index contributed by atoms with van der Waals surface area (Å²) < 4.78 is 5.48. The standard InChI is InChI=1S/C28H30N2O5S/c1-3-17-35-28(32)25-24(21-11-9-20(10-12-21)19-7-5-4-6-8-19)18(2)36-27(25)29-26(31)22-13-15-23(16-14-22)30(33)34/h9-16,19H,3-8,17H2,1-2H3,(H,29,31). The quantitative estimate of drug-likeness (QED) is 0.194. The Morgan fingerprint density at radius 3 is 2.33 bits per heavy atom. The Labute approximate surface area is 214 Å². The van der Waals surface area contributed by atoms with Crippen molar-refractivity contribution in [1.29, 1.82) is 0 Å². The molecule has 1 heterocycles. The number of carbonyl (C=O) groups excluding carboxylic acids is 2. The van der Waals surface area contributed by atoms with Gasteiger partial charge in [-0.25, -0.2) is 4.79 Å². The summed E-state index contributed by atoms with van der Waals surface area (Å²) >= 11 is 1.32. The zero-order valence-corrected chi connectivity index (χ0v) is 21.4. The highest BCUT2D eigenvalue weighted by atomic mass is 32.1. The molecule has 0 bridgehead atoms. The zero-order chi connectivity index (χ0) is 25.7. The average Bonchev–Trinajstić information content (AvgIpc) is 3.23. The fraction of sp³-hybridized carbons (Fsp3) is 0.357. The molecule has 1 aromatic heterocycles. The van der Waals surface area contributed by atoms with E-state index in [0.717, 1.165) is 16.0 Å². The van der Waals surface area contributed by atoms with Crippen LogP contribution in [-0.4, -0.2) is 23.4 Å². The first-order valence-corrected chi connectivity index (χ1v) is 13.2. The number of carbonyl (C=O) groups is 2. The highest BCUT2D eigenvalue weighted by Gasteiger charge is 2.26. The van der Waals surface area contributed by atoms with Gasteiger partial charge >= 0.3 is 5.97 Å². The second kappa shape index (κ2) is 11.5. The summed E-state index contributed by atoms with van der Waals surface area (Å²) in [5.74, 6) is -0.344.